The van der Waals surface area contributed by atoms with Gasteiger partial charge < -0.3 is 30.9 Å². The summed E-state index contributed by atoms with van der Waals surface area (Å²) in [6, 6.07) is 4.78. The number of nitrogens with zero attached hydrogens (tertiary/aromatic N) is 2. The van der Waals surface area contributed by atoms with Crippen molar-refractivity contribution < 1.29 is 39.5 Å². The number of hydrogen-bond donors (Lipinski definition) is 5. The van der Waals surface area contributed by atoms with Crippen LogP contribution in [-0.4, -0.2) is 92.6 Å². The number of likely N-dealkylation sites (tertiary alicyclic amines) is 1. The SMILES string of the molecule is CN(C)[C@@H]1C(O)=C(C(N)=O)C(=O)[C@@]2(O)C(O)=C3C(=O)c4c(c(OC5CCC5)c5ccc(CN6CCC6)cc5c4O)C[C@H]3C[C@@H]12. The van der Waals surface area contributed by atoms with E-state index >= 15 is 0 Å². The number of Topliss-reactive ketones (excluding diaryl/α,β-unsaturated/α-hetero) is 2. The summed E-state index contributed by atoms with van der Waals surface area (Å²) in [6.07, 6.45) is 4.13. The molecule has 0 bridgehead atoms. The van der Waals surface area contributed by atoms with Crippen LogP contribution in [0.25, 0.3) is 10.8 Å². The molecule has 0 spiro atoms. The average Bonchev–Trinajstić information content (AvgIpc) is 2.91. The van der Waals surface area contributed by atoms with E-state index in [1.54, 1.807) is 19.0 Å². The van der Waals surface area contributed by atoms with Gasteiger partial charge in [0, 0.05) is 34.4 Å². The van der Waals surface area contributed by atoms with E-state index in [9.17, 15) is 34.8 Å². The molecule has 1 heterocycles. The highest BCUT2D eigenvalue weighted by Crippen LogP contribution is 2.55. The molecule has 7 rings (SSSR count). The van der Waals surface area contributed by atoms with Crippen LogP contribution in [-0.2, 0) is 22.6 Å². The first-order valence-corrected chi connectivity index (χ1v) is 15.3. The molecule has 2 fully saturated rings. The standard InChI is InChI=1S/C33H37N3O8/c1-35(2)25-21-13-16-12-20-23(27(38)22(16)30(40)33(21,43)31(41)24(28(25)39)32(34)42)26(37)19-11-15(14-36-9-4-10-36)7-8-18(19)29(20)44-17-5-3-6-17/h7-8,11,16-17,21,25,37,39-40,43H,3-6,9-10,12-14H2,1-2H3,(H2,34,42)/t16-,21-,25-,33-/m0/s1. The lowest BCUT2D eigenvalue weighted by atomic mass is 9.58. The number of amides is 1. The normalized spacial score (nSPS) is 28.9. The molecule has 1 saturated heterocycles. The number of carbonyl (C=O) groups is 3. The van der Waals surface area contributed by atoms with Gasteiger partial charge in [-0.05, 0) is 83.3 Å². The molecule has 2 aromatic rings. The van der Waals surface area contributed by atoms with Crippen molar-refractivity contribution in [2.75, 3.05) is 27.2 Å². The lowest BCUT2D eigenvalue weighted by molar-refractivity contribution is -0.148. The maximum Gasteiger partial charge on any atom is 0.255 e. The molecule has 0 radical (unpaired) electrons. The number of aliphatic hydroxyl groups is 3. The number of likely N-dealkylation sites (N-methyl/N-ethyl adjacent to an activating group) is 1. The molecule has 2 aromatic carbocycles. The minimum absolute atomic E-state index is 0.0197. The van der Waals surface area contributed by atoms with E-state index in [1.807, 2.05) is 18.2 Å². The molecule has 5 aliphatic rings. The summed E-state index contributed by atoms with van der Waals surface area (Å²) in [7, 11) is 3.22. The van der Waals surface area contributed by atoms with Gasteiger partial charge in [-0.2, -0.15) is 0 Å². The minimum atomic E-state index is -2.67. The Morgan fingerprint density at radius 1 is 1.11 bits per heavy atom. The Morgan fingerprint density at radius 3 is 2.43 bits per heavy atom. The van der Waals surface area contributed by atoms with Crippen LogP contribution in [0.2, 0.25) is 0 Å². The van der Waals surface area contributed by atoms with Crippen molar-refractivity contribution in [3.63, 3.8) is 0 Å². The van der Waals surface area contributed by atoms with Crippen LogP contribution in [0.5, 0.6) is 11.5 Å². The van der Waals surface area contributed by atoms with Crippen molar-refractivity contribution >= 4 is 28.2 Å². The van der Waals surface area contributed by atoms with Crippen molar-refractivity contribution in [1.29, 1.82) is 0 Å². The number of hydrogen-bond acceptors (Lipinski definition) is 10. The van der Waals surface area contributed by atoms with E-state index in [4.69, 9.17) is 10.5 Å². The number of phenolic OH excluding ortho intramolecular Hbond substituents is 1. The summed E-state index contributed by atoms with van der Waals surface area (Å²) in [5.74, 6) is -6.12. The molecule has 4 atom stereocenters. The van der Waals surface area contributed by atoms with Crippen molar-refractivity contribution in [1.82, 2.24) is 9.80 Å². The zero-order valence-electron chi connectivity index (χ0n) is 24.8. The van der Waals surface area contributed by atoms with E-state index in [1.165, 1.54) is 0 Å². The van der Waals surface area contributed by atoms with Crippen LogP contribution in [0.15, 0.2) is 40.9 Å². The zero-order valence-corrected chi connectivity index (χ0v) is 24.8. The van der Waals surface area contributed by atoms with E-state index in [0.29, 0.717) is 28.6 Å². The molecular weight excluding hydrogens is 566 g/mol. The number of primary amides is 1. The largest absolute Gasteiger partial charge is 0.510 e. The van der Waals surface area contributed by atoms with Crippen LogP contribution >= 0.6 is 0 Å². The third kappa shape index (κ3) is 3.95. The first-order chi connectivity index (χ1) is 20.9. The lowest BCUT2D eigenvalue weighted by Gasteiger charge is -2.50. The van der Waals surface area contributed by atoms with E-state index in [0.717, 1.165) is 44.3 Å². The number of benzene rings is 2. The second-order valence-corrected chi connectivity index (χ2v) is 13.2. The molecule has 6 N–H and O–H groups in total. The van der Waals surface area contributed by atoms with Crippen LogP contribution < -0.4 is 10.5 Å². The van der Waals surface area contributed by atoms with Crippen molar-refractivity contribution in [2.24, 2.45) is 17.6 Å². The minimum Gasteiger partial charge on any atom is -0.510 e. The predicted octanol–water partition coefficient (Wildman–Crippen LogP) is 2.41. The molecule has 11 nitrogen and oxygen atoms in total. The van der Waals surface area contributed by atoms with Gasteiger partial charge in [-0.3, -0.25) is 24.2 Å². The molecule has 1 amide bonds. The molecule has 0 aromatic heterocycles. The number of ketones is 2. The predicted molar refractivity (Wildman–Crippen MR) is 159 cm³/mol. The van der Waals surface area contributed by atoms with Crippen molar-refractivity contribution in [3.8, 4) is 11.5 Å². The Kier molecular flexibility index (Phi) is 6.58. The third-order valence-corrected chi connectivity index (χ3v) is 10.4. The van der Waals surface area contributed by atoms with Gasteiger partial charge in [-0.1, -0.05) is 12.1 Å². The topological polar surface area (TPSA) is 174 Å². The number of carbonyl (C=O) groups excluding carboxylic acids is 3. The highest BCUT2D eigenvalue weighted by molar-refractivity contribution is 6.25. The number of allylic oxidation sites excluding steroid dienone is 1. The van der Waals surface area contributed by atoms with Gasteiger partial charge in [-0.25, -0.2) is 0 Å². The summed E-state index contributed by atoms with van der Waals surface area (Å²) in [5.41, 5.74) is 3.25. The summed E-state index contributed by atoms with van der Waals surface area (Å²) < 4.78 is 6.52. The van der Waals surface area contributed by atoms with E-state index in [2.05, 4.69) is 4.90 Å². The quantitative estimate of drug-likeness (QED) is 0.309. The Morgan fingerprint density at radius 2 is 1.84 bits per heavy atom. The van der Waals surface area contributed by atoms with Gasteiger partial charge in [-0.15, -0.1) is 0 Å². The van der Waals surface area contributed by atoms with Crippen LogP contribution in [0, 0.1) is 11.8 Å². The monoisotopic (exact) mass is 603 g/mol. The fourth-order valence-electron chi connectivity index (χ4n) is 7.81. The summed E-state index contributed by atoms with van der Waals surface area (Å²) in [5, 5.41) is 47.4. The van der Waals surface area contributed by atoms with Gasteiger partial charge in [0.15, 0.2) is 11.4 Å². The van der Waals surface area contributed by atoms with E-state index < -0.39 is 58.0 Å². The number of aromatic hydroxyl groups is 1. The van der Waals surface area contributed by atoms with Crippen molar-refractivity contribution in [3.05, 3.63) is 57.6 Å². The Labute approximate surface area is 254 Å². The first kappa shape index (κ1) is 28.8. The number of aliphatic hydroxyl groups excluding tert-OH is 2. The molecule has 11 heteroatoms. The van der Waals surface area contributed by atoms with Gasteiger partial charge in [0.05, 0.1) is 17.7 Å². The van der Waals surface area contributed by atoms with Gasteiger partial charge in [0.2, 0.25) is 5.78 Å². The maximum atomic E-state index is 14.4. The summed E-state index contributed by atoms with van der Waals surface area (Å²) in [6.45, 7) is 2.71. The number of fused-ring (bicyclic) bond motifs is 4. The Hall–Kier alpha value is -3.93. The second-order valence-electron chi connectivity index (χ2n) is 13.2. The van der Waals surface area contributed by atoms with Gasteiger partial charge in [0.25, 0.3) is 5.91 Å². The third-order valence-electron chi connectivity index (χ3n) is 10.4. The smallest absolute Gasteiger partial charge is 0.255 e. The fraction of sp³-hybridized carbons (Fsp3) is 0.485. The number of phenols is 1. The Bertz CT molecular complexity index is 1700. The van der Waals surface area contributed by atoms with Crippen molar-refractivity contribution in [2.45, 2.75) is 62.8 Å². The fourth-order valence-corrected chi connectivity index (χ4v) is 7.81. The summed E-state index contributed by atoms with van der Waals surface area (Å²) >= 11 is 0. The molecule has 44 heavy (non-hydrogen) atoms. The van der Waals surface area contributed by atoms with Crippen LogP contribution in [0.4, 0.5) is 0 Å². The molecule has 1 saturated carbocycles. The van der Waals surface area contributed by atoms with Gasteiger partial charge >= 0.3 is 0 Å². The number of nitrogens with two attached hydrogens (primary N) is 1. The highest BCUT2D eigenvalue weighted by atomic mass is 16.5. The van der Waals surface area contributed by atoms with Gasteiger partial charge in [0.1, 0.15) is 28.6 Å². The van der Waals surface area contributed by atoms with Crippen LogP contribution in [0.1, 0.15) is 53.6 Å². The molecular formula is C33H37N3O8. The number of ether oxygens (including phenoxy) is 1. The Balaban J connectivity index is 1.41. The molecule has 0 unspecified atom stereocenters. The maximum absolute atomic E-state index is 14.4. The second kappa shape index (κ2) is 10.0. The summed E-state index contributed by atoms with van der Waals surface area (Å²) in [4.78, 5) is 44.0. The highest BCUT2D eigenvalue weighted by Gasteiger charge is 2.63. The lowest BCUT2D eigenvalue weighted by Crippen LogP contribution is -2.63. The van der Waals surface area contributed by atoms with Crippen LogP contribution in [0.3, 0.4) is 0 Å². The first-order valence-electron chi connectivity index (χ1n) is 15.3. The number of rotatable bonds is 6. The average molecular weight is 604 g/mol. The molecule has 232 valence electrons. The van der Waals surface area contributed by atoms with E-state index in [-0.39, 0.29) is 35.8 Å². The molecule has 4 aliphatic carbocycles. The molecule has 1 aliphatic heterocycles. The zero-order chi connectivity index (χ0) is 31.2.